The van der Waals surface area contributed by atoms with Crippen LogP contribution in [0.4, 0.5) is 0 Å². The molecule has 4 nitrogen and oxygen atoms in total. The van der Waals surface area contributed by atoms with Gasteiger partial charge in [0.2, 0.25) is 0 Å². The number of carbonyl (C=O) groups excluding carboxylic acids is 1. The van der Waals surface area contributed by atoms with Gasteiger partial charge in [0.25, 0.3) is 5.91 Å². The number of ether oxygens (including phenoxy) is 1. The van der Waals surface area contributed by atoms with Crippen LogP contribution in [-0.4, -0.2) is 18.6 Å². The van der Waals surface area contributed by atoms with Crippen LogP contribution in [0.25, 0.3) is 0 Å². The standard InChI is InChI=1S/C15H16N2O2/c16-9-12-2-1-3-13(12)17-15(18)11-4-5-14-10(8-11)6-7-19-14/h4-5,8,12-13H,1-3,6-7H2,(H,17,18). The minimum absolute atomic E-state index is 0.00186. The average molecular weight is 256 g/mol. The predicted molar refractivity (Wildman–Crippen MR) is 69.8 cm³/mol. The first-order valence-corrected chi connectivity index (χ1v) is 6.74. The van der Waals surface area contributed by atoms with Crippen molar-refractivity contribution in [1.29, 1.82) is 5.26 Å². The van der Waals surface area contributed by atoms with Gasteiger partial charge in [0.15, 0.2) is 0 Å². The van der Waals surface area contributed by atoms with Gasteiger partial charge in [0.1, 0.15) is 5.75 Å². The zero-order chi connectivity index (χ0) is 13.2. The normalized spacial score (nSPS) is 24.4. The van der Waals surface area contributed by atoms with Gasteiger partial charge in [0, 0.05) is 18.0 Å². The van der Waals surface area contributed by atoms with Crippen molar-refractivity contribution in [2.45, 2.75) is 31.7 Å². The van der Waals surface area contributed by atoms with Gasteiger partial charge in [-0.05, 0) is 43.0 Å². The van der Waals surface area contributed by atoms with Crippen LogP contribution in [0.5, 0.6) is 5.75 Å². The zero-order valence-corrected chi connectivity index (χ0v) is 10.7. The number of nitrogens with one attached hydrogen (secondary N) is 1. The summed E-state index contributed by atoms with van der Waals surface area (Å²) in [6, 6.07) is 7.82. The van der Waals surface area contributed by atoms with Crippen molar-refractivity contribution in [3.63, 3.8) is 0 Å². The molecule has 1 aliphatic heterocycles. The summed E-state index contributed by atoms with van der Waals surface area (Å²) in [4.78, 5) is 12.2. The molecule has 1 fully saturated rings. The Morgan fingerprint density at radius 3 is 3.16 bits per heavy atom. The Morgan fingerprint density at radius 2 is 2.32 bits per heavy atom. The maximum Gasteiger partial charge on any atom is 0.251 e. The number of nitriles is 1. The molecule has 19 heavy (non-hydrogen) atoms. The molecule has 1 aromatic carbocycles. The summed E-state index contributed by atoms with van der Waals surface area (Å²) in [6.07, 6.45) is 3.67. The number of benzene rings is 1. The first-order valence-electron chi connectivity index (χ1n) is 6.74. The Balaban J connectivity index is 1.72. The van der Waals surface area contributed by atoms with Crippen LogP contribution in [0, 0.1) is 17.2 Å². The zero-order valence-electron chi connectivity index (χ0n) is 10.7. The number of rotatable bonds is 2. The molecule has 2 atom stereocenters. The molecule has 1 amide bonds. The summed E-state index contributed by atoms with van der Waals surface area (Å²) in [6.45, 7) is 0.694. The molecule has 0 saturated heterocycles. The van der Waals surface area contributed by atoms with E-state index in [0.717, 1.165) is 37.0 Å². The molecule has 2 unspecified atom stereocenters. The highest BCUT2D eigenvalue weighted by Crippen LogP contribution is 2.27. The molecule has 2 aliphatic rings. The molecular weight excluding hydrogens is 240 g/mol. The fraction of sp³-hybridized carbons (Fsp3) is 0.467. The molecular formula is C15H16N2O2. The lowest BCUT2D eigenvalue weighted by molar-refractivity contribution is 0.0933. The molecule has 1 aromatic rings. The Kier molecular flexibility index (Phi) is 3.12. The number of nitrogens with zero attached hydrogens (tertiary/aromatic N) is 1. The average Bonchev–Trinajstić information content (AvgIpc) is 3.05. The minimum Gasteiger partial charge on any atom is -0.493 e. The molecule has 1 heterocycles. The highest BCUT2D eigenvalue weighted by Gasteiger charge is 2.28. The third-order valence-electron chi connectivity index (χ3n) is 3.95. The lowest BCUT2D eigenvalue weighted by Gasteiger charge is -2.15. The van der Waals surface area contributed by atoms with E-state index in [0.29, 0.717) is 12.2 Å². The van der Waals surface area contributed by atoms with E-state index < -0.39 is 0 Å². The number of hydrogen-bond acceptors (Lipinski definition) is 3. The van der Waals surface area contributed by atoms with E-state index >= 15 is 0 Å². The van der Waals surface area contributed by atoms with Crippen molar-refractivity contribution in [3.8, 4) is 11.8 Å². The van der Waals surface area contributed by atoms with Crippen LogP contribution in [0.2, 0.25) is 0 Å². The second kappa shape index (κ2) is 4.93. The van der Waals surface area contributed by atoms with E-state index in [1.807, 2.05) is 12.1 Å². The minimum atomic E-state index is -0.0816. The monoisotopic (exact) mass is 256 g/mol. The van der Waals surface area contributed by atoms with Crippen molar-refractivity contribution in [2.24, 2.45) is 5.92 Å². The highest BCUT2D eigenvalue weighted by molar-refractivity contribution is 5.94. The largest absolute Gasteiger partial charge is 0.493 e. The Bertz CT molecular complexity index is 548. The molecule has 1 aliphatic carbocycles. The van der Waals surface area contributed by atoms with Crippen LogP contribution >= 0.6 is 0 Å². The van der Waals surface area contributed by atoms with Crippen LogP contribution in [0.1, 0.15) is 35.2 Å². The fourth-order valence-electron chi connectivity index (χ4n) is 2.87. The van der Waals surface area contributed by atoms with E-state index in [9.17, 15) is 4.79 Å². The maximum absolute atomic E-state index is 12.2. The molecule has 0 aromatic heterocycles. The summed E-state index contributed by atoms with van der Waals surface area (Å²) in [5.41, 5.74) is 1.75. The maximum atomic E-state index is 12.2. The van der Waals surface area contributed by atoms with Gasteiger partial charge in [-0.3, -0.25) is 4.79 Å². The van der Waals surface area contributed by atoms with Gasteiger partial charge in [-0.25, -0.2) is 0 Å². The molecule has 0 bridgehead atoms. The van der Waals surface area contributed by atoms with Gasteiger partial charge < -0.3 is 10.1 Å². The van der Waals surface area contributed by atoms with E-state index in [1.165, 1.54) is 0 Å². The third kappa shape index (κ3) is 2.28. The molecule has 1 N–H and O–H groups in total. The lowest BCUT2D eigenvalue weighted by Crippen LogP contribution is -2.36. The van der Waals surface area contributed by atoms with E-state index in [2.05, 4.69) is 11.4 Å². The summed E-state index contributed by atoms with van der Waals surface area (Å²) in [5, 5.41) is 12.0. The van der Waals surface area contributed by atoms with Gasteiger partial charge in [0.05, 0.1) is 18.6 Å². The number of fused-ring (bicyclic) bond motifs is 1. The lowest BCUT2D eigenvalue weighted by atomic mass is 10.0. The van der Waals surface area contributed by atoms with Crippen LogP contribution in [0.15, 0.2) is 18.2 Å². The summed E-state index contributed by atoms with van der Waals surface area (Å²) >= 11 is 0. The van der Waals surface area contributed by atoms with Gasteiger partial charge in [-0.1, -0.05) is 0 Å². The summed E-state index contributed by atoms with van der Waals surface area (Å²) < 4.78 is 5.43. The first-order chi connectivity index (χ1) is 9.28. The van der Waals surface area contributed by atoms with Crippen molar-refractivity contribution < 1.29 is 9.53 Å². The van der Waals surface area contributed by atoms with E-state index in [4.69, 9.17) is 10.00 Å². The van der Waals surface area contributed by atoms with Gasteiger partial charge in [-0.2, -0.15) is 5.26 Å². The van der Waals surface area contributed by atoms with Crippen molar-refractivity contribution in [1.82, 2.24) is 5.32 Å². The van der Waals surface area contributed by atoms with Crippen molar-refractivity contribution in [3.05, 3.63) is 29.3 Å². The Labute approximate surface area is 112 Å². The van der Waals surface area contributed by atoms with E-state index in [1.54, 1.807) is 6.07 Å². The quantitative estimate of drug-likeness (QED) is 0.880. The number of amides is 1. The summed E-state index contributed by atoms with van der Waals surface area (Å²) in [7, 11) is 0. The Hall–Kier alpha value is -2.02. The molecule has 98 valence electrons. The second-order valence-corrected chi connectivity index (χ2v) is 5.17. The fourth-order valence-corrected chi connectivity index (χ4v) is 2.87. The Morgan fingerprint density at radius 1 is 1.42 bits per heavy atom. The van der Waals surface area contributed by atoms with Gasteiger partial charge >= 0.3 is 0 Å². The molecule has 0 spiro atoms. The topological polar surface area (TPSA) is 62.1 Å². The summed E-state index contributed by atoms with van der Waals surface area (Å²) in [5.74, 6) is 0.760. The van der Waals surface area contributed by atoms with E-state index in [-0.39, 0.29) is 17.9 Å². The van der Waals surface area contributed by atoms with Crippen molar-refractivity contribution >= 4 is 5.91 Å². The second-order valence-electron chi connectivity index (χ2n) is 5.17. The molecule has 1 saturated carbocycles. The predicted octanol–water partition coefficient (Wildman–Crippen LogP) is 2.04. The van der Waals surface area contributed by atoms with Crippen molar-refractivity contribution in [2.75, 3.05) is 6.61 Å². The highest BCUT2D eigenvalue weighted by atomic mass is 16.5. The van der Waals surface area contributed by atoms with Crippen LogP contribution in [-0.2, 0) is 6.42 Å². The van der Waals surface area contributed by atoms with Crippen LogP contribution in [0.3, 0.4) is 0 Å². The number of carbonyl (C=O) groups is 1. The first kappa shape index (κ1) is 12.0. The van der Waals surface area contributed by atoms with Gasteiger partial charge in [-0.15, -0.1) is 0 Å². The SMILES string of the molecule is N#CC1CCCC1NC(=O)c1ccc2c(c1)CCO2. The molecule has 4 heteroatoms. The van der Waals surface area contributed by atoms with Crippen LogP contribution < -0.4 is 10.1 Å². The third-order valence-corrected chi connectivity index (χ3v) is 3.95. The molecule has 3 rings (SSSR count). The molecule has 0 radical (unpaired) electrons. The smallest absolute Gasteiger partial charge is 0.251 e. The number of hydrogen-bond donors (Lipinski definition) is 1.